The predicted octanol–water partition coefficient (Wildman–Crippen LogP) is 8.46. The molecule has 4 nitrogen and oxygen atoms in total. The fraction of sp³-hybridized carbons (Fsp3) is 0.172. The third-order valence-electron chi connectivity index (χ3n) is 8.46. The molecule has 1 heterocycles. The van der Waals surface area contributed by atoms with E-state index < -0.39 is 105 Å². The summed E-state index contributed by atoms with van der Waals surface area (Å²) in [6.07, 6.45) is 0.646. The third kappa shape index (κ3) is 3.61. The summed E-state index contributed by atoms with van der Waals surface area (Å²) in [7, 11) is -5.60. The van der Waals surface area contributed by atoms with E-state index in [1.165, 1.54) is 12.1 Å². The van der Waals surface area contributed by atoms with Gasteiger partial charge in [-0.25, -0.2) is 48.5 Å². The van der Waals surface area contributed by atoms with Crippen molar-refractivity contribution in [3.05, 3.63) is 105 Å². The highest BCUT2D eigenvalue weighted by molar-refractivity contribution is 7.48. The van der Waals surface area contributed by atoms with Crippen LogP contribution in [0.15, 0.2) is 24.3 Å². The molecule has 0 atom stereocenters. The Morgan fingerprint density at radius 1 is 0.545 bits per heavy atom. The van der Waals surface area contributed by atoms with Crippen LogP contribution < -0.4 is 9.05 Å². The lowest BCUT2D eigenvalue weighted by molar-refractivity contribution is 0.280. The molecule has 4 aromatic rings. The maximum Gasteiger partial charge on any atom is 0.584 e. The largest absolute Gasteiger partial charge is 0.584 e. The molecule has 0 bridgehead atoms. The van der Waals surface area contributed by atoms with Gasteiger partial charge in [0.2, 0.25) is 11.6 Å². The number of hydrogen-bond donors (Lipinski definition) is 1. The first-order valence-electron chi connectivity index (χ1n) is 12.8. The number of aryl methyl sites for hydroxylation is 2. The number of rotatable bonds is 2. The summed E-state index contributed by atoms with van der Waals surface area (Å²) in [6, 6.07) is 4.52. The fourth-order valence-corrected chi connectivity index (χ4v) is 7.55. The van der Waals surface area contributed by atoms with Crippen molar-refractivity contribution < 1.29 is 62.4 Å². The van der Waals surface area contributed by atoms with Gasteiger partial charge in [-0.2, -0.15) is 0 Å². The molecule has 1 aliphatic heterocycles. The smallest absolute Gasteiger partial charge is 0.394 e. The normalized spacial score (nSPS) is 17.0. The van der Waals surface area contributed by atoms with Crippen LogP contribution in [0.5, 0.6) is 11.5 Å². The summed E-state index contributed by atoms with van der Waals surface area (Å²) in [6.45, 7) is 0. The minimum atomic E-state index is -5.60. The molecule has 1 spiro atoms. The Labute approximate surface area is 240 Å². The Morgan fingerprint density at radius 2 is 0.864 bits per heavy atom. The number of phosphoric ester groups is 1. The molecule has 1 N–H and O–H groups in total. The van der Waals surface area contributed by atoms with Crippen LogP contribution in [-0.2, 0) is 22.8 Å². The molecule has 4 aromatic carbocycles. The molecule has 0 fully saturated rings. The van der Waals surface area contributed by atoms with Crippen molar-refractivity contribution in [1.82, 2.24) is 0 Å². The standard InChI is InChI=1S/C29H13F10O4P/c30-17-13(18(31)22(35)25(38)21(17)34)11-3-1-9-5-7-29-8-6-10-2-4-12(14-19(32)23(36)26(39)24(37)20(14)33)28(16(10)29)43-44(40,41)42-27(11)15(9)29/h1-4H,5-8H2,(H,40,41). The zero-order valence-electron chi connectivity index (χ0n) is 21.5. The van der Waals surface area contributed by atoms with Crippen molar-refractivity contribution in [1.29, 1.82) is 0 Å². The molecule has 0 saturated carbocycles. The molecule has 15 heteroatoms. The molecule has 0 saturated heterocycles. The van der Waals surface area contributed by atoms with E-state index in [2.05, 4.69) is 0 Å². The average Bonchev–Trinajstić information content (AvgIpc) is 3.55. The quantitative estimate of drug-likeness (QED) is 0.103. The highest BCUT2D eigenvalue weighted by Gasteiger charge is 2.53. The van der Waals surface area contributed by atoms with Gasteiger partial charge in [-0.3, -0.25) is 4.89 Å². The molecule has 0 aromatic heterocycles. The van der Waals surface area contributed by atoms with Gasteiger partial charge >= 0.3 is 7.82 Å². The van der Waals surface area contributed by atoms with Gasteiger partial charge in [0.25, 0.3) is 0 Å². The zero-order valence-corrected chi connectivity index (χ0v) is 22.4. The highest BCUT2D eigenvalue weighted by Crippen LogP contribution is 2.65. The molecule has 2 aliphatic carbocycles. The second-order valence-corrected chi connectivity index (χ2v) is 11.9. The van der Waals surface area contributed by atoms with Crippen LogP contribution in [0.1, 0.15) is 35.1 Å². The zero-order chi connectivity index (χ0) is 31.6. The molecular formula is C29H13F10O4P. The molecule has 0 amide bonds. The summed E-state index contributed by atoms with van der Waals surface area (Å²) in [5.74, 6) is -24.4. The lowest BCUT2D eigenvalue weighted by Gasteiger charge is -2.34. The van der Waals surface area contributed by atoms with Crippen LogP contribution in [0, 0.1) is 58.2 Å². The van der Waals surface area contributed by atoms with E-state index in [-0.39, 0.29) is 36.8 Å². The topological polar surface area (TPSA) is 55.8 Å². The molecule has 228 valence electrons. The van der Waals surface area contributed by atoms with Gasteiger partial charge in [-0.1, -0.05) is 24.3 Å². The number of halogens is 10. The van der Waals surface area contributed by atoms with E-state index in [1.54, 1.807) is 0 Å². The molecule has 44 heavy (non-hydrogen) atoms. The van der Waals surface area contributed by atoms with Crippen molar-refractivity contribution in [2.24, 2.45) is 0 Å². The van der Waals surface area contributed by atoms with E-state index in [0.717, 1.165) is 12.1 Å². The van der Waals surface area contributed by atoms with Gasteiger partial charge < -0.3 is 9.05 Å². The minimum Gasteiger partial charge on any atom is -0.394 e. The van der Waals surface area contributed by atoms with E-state index in [9.17, 15) is 53.4 Å². The Bertz CT molecular complexity index is 1850. The van der Waals surface area contributed by atoms with Gasteiger partial charge in [0, 0.05) is 27.7 Å². The van der Waals surface area contributed by atoms with Crippen LogP contribution in [0.3, 0.4) is 0 Å². The maximum atomic E-state index is 15.0. The lowest BCUT2D eigenvalue weighted by atomic mass is 9.74. The summed E-state index contributed by atoms with van der Waals surface area (Å²) < 4.78 is 168. The van der Waals surface area contributed by atoms with E-state index in [0.29, 0.717) is 11.1 Å². The average molecular weight is 646 g/mol. The molecule has 3 aliphatic rings. The van der Waals surface area contributed by atoms with Crippen LogP contribution in [0.2, 0.25) is 0 Å². The first kappa shape index (κ1) is 28.7. The van der Waals surface area contributed by atoms with Crippen LogP contribution in [0.25, 0.3) is 22.3 Å². The molecule has 7 rings (SSSR count). The monoisotopic (exact) mass is 646 g/mol. The minimum absolute atomic E-state index is 0.0195. The van der Waals surface area contributed by atoms with Crippen LogP contribution >= 0.6 is 7.82 Å². The second kappa shape index (κ2) is 9.24. The maximum absolute atomic E-state index is 15.0. The van der Waals surface area contributed by atoms with Crippen LogP contribution in [-0.4, -0.2) is 4.89 Å². The van der Waals surface area contributed by atoms with Crippen molar-refractivity contribution >= 4 is 7.82 Å². The van der Waals surface area contributed by atoms with Gasteiger partial charge in [-0.15, -0.1) is 0 Å². The fourth-order valence-electron chi connectivity index (χ4n) is 6.67. The number of phosphoric acid groups is 1. The number of hydrogen-bond acceptors (Lipinski definition) is 3. The first-order valence-corrected chi connectivity index (χ1v) is 14.3. The second-order valence-electron chi connectivity index (χ2n) is 10.6. The van der Waals surface area contributed by atoms with Gasteiger partial charge in [0.15, 0.2) is 46.5 Å². The van der Waals surface area contributed by atoms with Crippen LogP contribution in [0.4, 0.5) is 43.9 Å². The molecular weight excluding hydrogens is 633 g/mol. The van der Waals surface area contributed by atoms with E-state index in [4.69, 9.17) is 9.05 Å². The summed E-state index contributed by atoms with van der Waals surface area (Å²) >= 11 is 0. The summed E-state index contributed by atoms with van der Waals surface area (Å²) in [5, 5.41) is 0. The molecule has 0 radical (unpaired) electrons. The Balaban J connectivity index is 1.58. The van der Waals surface area contributed by atoms with Crippen molar-refractivity contribution in [3.8, 4) is 33.8 Å². The summed E-state index contributed by atoms with van der Waals surface area (Å²) in [4.78, 5) is 10.8. The van der Waals surface area contributed by atoms with E-state index in [1.807, 2.05) is 0 Å². The van der Waals surface area contributed by atoms with Crippen molar-refractivity contribution in [2.45, 2.75) is 31.1 Å². The van der Waals surface area contributed by atoms with E-state index >= 15 is 0 Å². The number of benzene rings is 4. The van der Waals surface area contributed by atoms with Crippen molar-refractivity contribution in [2.75, 3.05) is 0 Å². The van der Waals surface area contributed by atoms with Gasteiger partial charge in [0.05, 0.1) is 11.1 Å². The van der Waals surface area contributed by atoms with Crippen molar-refractivity contribution in [3.63, 3.8) is 0 Å². The highest BCUT2D eigenvalue weighted by atomic mass is 31.2. The Hall–Kier alpha value is -4.03. The molecule has 0 unspecified atom stereocenters. The van der Waals surface area contributed by atoms with Gasteiger partial charge in [0.1, 0.15) is 11.5 Å². The predicted molar refractivity (Wildman–Crippen MR) is 132 cm³/mol. The summed E-state index contributed by atoms with van der Waals surface area (Å²) in [5.41, 5.74) is -4.99. The Kier molecular flexibility index (Phi) is 6.03. The van der Waals surface area contributed by atoms with Gasteiger partial charge in [-0.05, 0) is 36.8 Å². The lowest BCUT2D eigenvalue weighted by Crippen LogP contribution is -2.25. The SMILES string of the molecule is O=P1(O)Oc2c(-c3c(F)c(F)c(F)c(F)c3F)ccc3c2C2(CC3)CCc3ccc(-c4c(F)c(F)c(F)c(F)c4F)c(c32)O1. The Morgan fingerprint density at radius 3 is 1.20 bits per heavy atom. The first-order chi connectivity index (χ1) is 20.7. The third-order valence-corrected chi connectivity index (χ3v) is 9.29.